The summed E-state index contributed by atoms with van der Waals surface area (Å²) in [4.78, 5) is 32.8. The second-order valence-electron chi connectivity index (χ2n) is 3.53. The third kappa shape index (κ3) is 3.27. The highest BCUT2D eigenvalue weighted by Crippen LogP contribution is 2.13. The van der Waals surface area contributed by atoms with Gasteiger partial charge in [0.05, 0.1) is 12.0 Å². The summed E-state index contributed by atoms with van der Waals surface area (Å²) in [5.41, 5.74) is -0.0756. The second-order valence-corrected chi connectivity index (χ2v) is 3.53. The fraction of sp³-hybridized carbons (Fsp3) is 0.273. The lowest BCUT2D eigenvalue weighted by atomic mass is 10.2. The summed E-state index contributed by atoms with van der Waals surface area (Å²) in [6.07, 6.45) is 0. The van der Waals surface area contributed by atoms with Crippen molar-refractivity contribution in [3.63, 3.8) is 0 Å². The van der Waals surface area contributed by atoms with Gasteiger partial charge in [0.25, 0.3) is 11.6 Å². The minimum absolute atomic E-state index is 0.111. The molecule has 0 saturated carbocycles. The van der Waals surface area contributed by atoms with Crippen LogP contribution in [-0.4, -0.2) is 30.0 Å². The first-order valence-corrected chi connectivity index (χ1v) is 5.09. The van der Waals surface area contributed by atoms with Crippen molar-refractivity contribution in [3.05, 3.63) is 39.9 Å². The number of carbonyl (C=O) groups is 2. The molecular formula is C11H12N2O5. The van der Waals surface area contributed by atoms with E-state index in [1.165, 1.54) is 32.2 Å². The Bertz CT molecular complexity index is 486. The van der Waals surface area contributed by atoms with E-state index in [1.807, 2.05) is 0 Å². The molecule has 18 heavy (non-hydrogen) atoms. The average molecular weight is 252 g/mol. The number of nitrogens with zero attached hydrogens (tertiary/aromatic N) is 1. The molecule has 1 amide bonds. The number of non-ortho nitro benzene ring substituents is 1. The molecule has 0 unspecified atom stereocenters. The van der Waals surface area contributed by atoms with Crippen LogP contribution < -0.4 is 5.32 Å². The van der Waals surface area contributed by atoms with Gasteiger partial charge in [0.1, 0.15) is 6.04 Å². The molecule has 0 aliphatic rings. The van der Waals surface area contributed by atoms with Crippen molar-refractivity contribution in [3.8, 4) is 0 Å². The molecule has 7 nitrogen and oxygen atoms in total. The second kappa shape index (κ2) is 5.76. The van der Waals surface area contributed by atoms with Gasteiger partial charge in [-0.15, -0.1) is 0 Å². The number of nitro benzene ring substituents is 1. The Kier molecular flexibility index (Phi) is 4.36. The van der Waals surface area contributed by atoms with Crippen molar-refractivity contribution in [1.82, 2.24) is 5.32 Å². The van der Waals surface area contributed by atoms with E-state index in [-0.39, 0.29) is 11.3 Å². The van der Waals surface area contributed by atoms with Gasteiger partial charge >= 0.3 is 5.97 Å². The maximum atomic E-state index is 11.7. The lowest BCUT2D eigenvalue weighted by Crippen LogP contribution is -2.39. The molecule has 1 atom stereocenters. The van der Waals surface area contributed by atoms with Crippen molar-refractivity contribution in [2.75, 3.05) is 7.11 Å². The van der Waals surface area contributed by atoms with Crippen LogP contribution in [0.5, 0.6) is 0 Å². The minimum atomic E-state index is -0.818. The Hall–Kier alpha value is -2.44. The number of carbonyl (C=O) groups excluding carboxylic acids is 2. The smallest absolute Gasteiger partial charge is 0.328 e. The topological polar surface area (TPSA) is 98.5 Å². The van der Waals surface area contributed by atoms with Gasteiger partial charge in [-0.2, -0.15) is 0 Å². The highest BCUT2D eigenvalue weighted by Gasteiger charge is 2.18. The lowest BCUT2D eigenvalue weighted by molar-refractivity contribution is -0.384. The number of rotatable bonds is 4. The van der Waals surface area contributed by atoms with E-state index < -0.39 is 22.8 Å². The number of benzene rings is 1. The summed E-state index contributed by atoms with van der Waals surface area (Å²) >= 11 is 0. The standard InChI is InChI=1S/C11H12N2O5/c1-7(11(15)18-2)12-10(14)8-4-3-5-9(6-8)13(16)17/h3-7H,1-2H3,(H,12,14)/t7-/m0/s1. The Labute approximate surface area is 103 Å². The molecule has 0 fully saturated rings. The van der Waals surface area contributed by atoms with Crippen molar-refractivity contribution >= 4 is 17.6 Å². The summed E-state index contributed by atoms with van der Waals surface area (Å²) in [6, 6.07) is 4.42. The molecule has 0 aromatic heterocycles. The van der Waals surface area contributed by atoms with E-state index >= 15 is 0 Å². The van der Waals surface area contributed by atoms with Gasteiger partial charge in [-0.3, -0.25) is 14.9 Å². The molecule has 0 bridgehead atoms. The summed E-state index contributed by atoms with van der Waals surface area (Å²) in [5.74, 6) is -1.16. The Morgan fingerprint density at radius 1 is 1.44 bits per heavy atom. The number of nitrogens with one attached hydrogen (secondary N) is 1. The van der Waals surface area contributed by atoms with Crippen LogP contribution >= 0.6 is 0 Å². The molecule has 0 aliphatic carbocycles. The Morgan fingerprint density at radius 2 is 2.11 bits per heavy atom. The summed E-state index contributed by atoms with van der Waals surface area (Å²) in [5, 5.41) is 12.9. The quantitative estimate of drug-likeness (QED) is 0.487. The van der Waals surface area contributed by atoms with Gasteiger partial charge in [-0.25, -0.2) is 4.79 Å². The van der Waals surface area contributed by atoms with Crippen LogP contribution in [0.1, 0.15) is 17.3 Å². The maximum absolute atomic E-state index is 11.7. The van der Waals surface area contributed by atoms with Crippen LogP contribution in [0, 0.1) is 10.1 Å². The van der Waals surface area contributed by atoms with Gasteiger partial charge < -0.3 is 10.1 Å². The summed E-state index contributed by atoms with van der Waals surface area (Å²) in [7, 11) is 1.21. The first kappa shape index (κ1) is 13.6. The van der Waals surface area contributed by atoms with Crippen LogP contribution in [0.2, 0.25) is 0 Å². The first-order valence-electron chi connectivity index (χ1n) is 5.09. The monoisotopic (exact) mass is 252 g/mol. The zero-order valence-electron chi connectivity index (χ0n) is 9.88. The molecule has 0 radical (unpaired) electrons. The SMILES string of the molecule is COC(=O)[C@H](C)NC(=O)c1cccc([N+](=O)[O-])c1. The van der Waals surface area contributed by atoms with Gasteiger partial charge in [0.15, 0.2) is 0 Å². The normalized spacial score (nSPS) is 11.4. The predicted molar refractivity (Wildman–Crippen MR) is 62.0 cm³/mol. The number of esters is 1. The number of methoxy groups -OCH3 is 1. The number of ether oxygens (including phenoxy) is 1. The van der Waals surface area contributed by atoms with E-state index in [1.54, 1.807) is 0 Å². The number of nitro groups is 1. The van der Waals surface area contributed by atoms with Crippen LogP contribution in [-0.2, 0) is 9.53 Å². The zero-order valence-corrected chi connectivity index (χ0v) is 9.88. The van der Waals surface area contributed by atoms with Crippen molar-refractivity contribution in [1.29, 1.82) is 0 Å². The molecule has 7 heteroatoms. The fourth-order valence-electron chi connectivity index (χ4n) is 1.28. The number of hydrogen-bond acceptors (Lipinski definition) is 5. The van der Waals surface area contributed by atoms with Crippen LogP contribution in [0.4, 0.5) is 5.69 Å². The van der Waals surface area contributed by atoms with Crippen LogP contribution in [0.3, 0.4) is 0 Å². The number of amides is 1. The largest absolute Gasteiger partial charge is 0.467 e. The maximum Gasteiger partial charge on any atom is 0.328 e. The summed E-state index contributed by atoms with van der Waals surface area (Å²) < 4.78 is 4.45. The van der Waals surface area contributed by atoms with Crippen LogP contribution in [0.15, 0.2) is 24.3 Å². The minimum Gasteiger partial charge on any atom is -0.467 e. The summed E-state index contributed by atoms with van der Waals surface area (Å²) in [6.45, 7) is 1.46. The fourth-order valence-corrected chi connectivity index (χ4v) is 1.28. The Morgan fingerprint density at radius 3 is 2.67 bits per heavy atom. The molecule has 0 heterocycles. The van der Waals surface area contributed by atoms with Gasteiger partial charge in [0.2, 0.25) is 0 Å². The molecule has 1 aromatic carbocycles. The lowest BCUT2D eigenvalue weighted by Gasteiger charge is -2.11. The third-order valence-corrected chi connectivity index (χ3v) is 2.22. The Balaban J connectivity index is 2.81. The highest BCUT2D eigenvalue weighted by atomic mass is 16.6. The predicted octanol–water partition coefficient (Wildman–Crippen LogP) is 0.886. The van der Waals surface area contributed by atoms with Gasteiger partial charge in [-0.1, -0.05) is 6.07 Å². The first-order chi connectivity index (χ1) is 8.45. The average Bonchev–Trinajstić information content (AvgIpc) is 2.37. The molecule has 96 valence electrons. The van der Waals surface area contributed by atoms with Crippen molar-refractivity contribution in [2.24, 2.45) is 0 Å². The van der Waals surface area contributed by atoms with Gasteiger partial charge in [0, 0.05) is 17.7 Å². The molecule has 1 rings (SSSR count). The third-order valence-electron chi connectivity index (χ3n) is 2.22. The van der Waals surface area contributed by atoms with E-state index in [4.69, 9.17) is 0 Å². The van der Waals surface area contributed by atoms with Crippen molar-refractivity contribution in [2.45, 2.75) is 13.0 Å². The molecule has 0 aliphatic heterocycles. The molecule has 1 aromatic rings. The molecule has 0 saturated heterocycles. The molecular weight excluding hydrogens is 240 g/mol. The van der Waals surface area contributed by atoms with E-state index in [0.717, 1.165) is 6.07 Å². The zero-order chi connectivity index (χ0) is 13.7. The highest BCUT2D eigenvalue weighted by molar-refractivity contribution is 5.97. The van der Waals surface area contributed by atoms with Gasteiger partial charge in [-0.05, 0) is 13.0 Å². The van der Waals surface area contributed by atoms with E-state index in [9.17, 15) is 19.7 Å². The van der Waals surface area contributed by atoms with Crippen molar-refractivity contribution < 1.29 is 19.2 Å². The van der Waals surface area contributed by atoms with Crippen LogP contribution in [0.25, 0.3) is 0 Å². The molecule has 0 spiro atoms. The van der Waals surface area contributed by atoms with E-state index in [0.29, 0.717) is 0 Å². The van der Waals surface area contributed by atoms with E-state index in [2.05, 4.69) is 10.1 Å². The molecule has 1 N–H and O–H groups in total. The number of hydrogen-bond donors (Lipinski definition) is 1.